The molecule has 0 radical (unpaired) electrons. The van der Waals surface area contributed by atoms with Crippen molar-refractivity contribution < 1.29 is 5.11 Å². The van der Waals surface area contributed by atoms with E-state index < -0.39 is 0 Å². The topological polar surface area (TPSA) is 20.2 Å². The summed E-state index contributed by atoms with van der Waals surface area (Å²) in [4.78, 5) is 0. The molecular formula is C18H41AlO. The molecule has 0 aliphatic rings. The molecule has 0 aromatic heterocycles. The summed E-state index contributed by atoms with van der Waals surface area (Å²) in [5.74, 6) is 0. The average Bonchev–Trinajstić information content (AvgIpc) is 2.43. The molecule has 0 atom stereocenters. The minimum absolute atomic E-state index is 0. The van der Waals surface area contributed by atoms with Gasteiger partial charge in [-0.15, -0.1) is 0 Å². The van der Waals surface area contributed by atoms with Gasteiger partial charge in [0, 0.05) is 6.61 Å². The summed E-state index contributed by atoms with van der Waals surface area (Å²) in [6.07, 6.45) is 22.2. The van der Waals surface area contributed by atoms with Crippen LogP contribution < -0.4 is 0 Å². The van der Waals surface area contributed by atoms with Gasteiger partial charge in [0.2, 0.25) is 0 Å². The quantitative estimate of drug-likeness (QED) is 0.312. The van der Waals surface area contributed by atoms with Crippen LogP contribution in [0.1, 0.15) is 110 Å². The van der Waals surface area contributed by atoms with Crippen molar-refractivity contribution in [2.24, 2.45) is 0 Å². The third kappa shape index (κ3) is 20.8. The van der Waals surface area contributed by atoms with E-state index in [0.29, 0.717) is 6.61 Å². The van der Waals surface area contributed by atoms with Gasteiger partial charge in [-0.3, -0.25) is 0 Å². The number of unbranched alkanes of at least 4 members (excludes halogenated alkanes) is 15. The summed E-state index contributed by atoms with van der Waals surface area (Å²) < 4.78 is 0. The summed E-state index contributed by atoms with van der Waals surface area (Å²) >= 11 is 0. The van der Waals surface area contributed by atoms with Crippen molar-refractivity contribution in [2.45, 2.75) is 110 Å². The van der Waals surface area contributed by atoms with E-state index in [2.05, 4.69) is 6.92 Å². The molecule has 0 aliphatic heterocycles. The molecule has 1 N–H and O–H groups in total. The van der Waals surface area contributed by atoms with E-state index in [1.165, 1.54) is 96.3 Å². The molecule has 0 bridgehead atoms. The highest BCUT2D eigenvalue weighted by Gasteiger charge is 1.94. The second-order valence-electron chi connectivity index (χ2n) is 6.03. The first-order chi connectivity index (χ1) is 9.41. The summed E-state index contributed by atoms with van der Waals surface area (Å²) in [5, 5.41) is 8.67. The Morgan fingerprint density at radius 1 is 0.450 bits per heavy atom. The van der Waals surface area contributed by atoms with E-state index in [9.17, 15) is 0 Å². The molecule has 2 heteroatoms. The van der Waals surface area contributed by atoms with Crippen LogP contribution in [0, 0.1) is 0 Å². The highest BCUT2D eigenvalue weighted by atomic mass is 27.0. The van der Waals surface area contributed by atoms with Gasteiger partial charge >= 0.3 is 0 Å². The Hall–Kier alpha value is 0.492. The molecule has 0 amide bonds. The third-order valence-corrected chi connectivity index (χ3v) is 4.01. The van der Waals surface area contributed by atoms with Gasteiger partial charge in [-0.1, -0.05) is 103 Å². The van der Waals surface area contributed by atoms with Crippen LogP contribution in [0.15, 0.2) is 0 Å². The van der Waals surface area contributed by atoms with Gasteiger partial charge in [-0.2, -0.15) is 0 Å². The van der Waals surface area contributed by atoms with E-state index in [0.717, 1.165) is 6.42 Å². The molecule has 0 fully saturated rings. The van der Waals surface area contributed by atoms with Crippen molar-refractivity contribution in [1.82, 2.24) is 0 Å². The average molecular weight is 301 g/mol. The number of hydrogen-bond acceptors (Lipinski definition) is 1. The first-order valence-corrected chi connectivity index (χ1v) is 9.02. The van der Waals surface area contributed by atoms with Crippen LogP contribution >= 0.6 is 0 Å². The second kappa shape index (κ2) is 21.8. The lowest BCUT2D eigenvalue weighted by Gasteiger charge is -2.03. The van der Waals surface area contributed by atoms with Crippen molar-refractivity contribution in [3.05, 3.63) is 0 Å². The van der Waals surface area contributed by atoms with Gasteiger partial charge in [0.05, 0.1) is 0 Å². The maximum atomic E-state index is 8.67. The molecule has 122 valence electrons. The van der Waals surface area contributed by atoms with Gasteiger partial charge in [0.1, 0.15) is 0 Å². The molecule has 1 nitrogen and oxygen atoms in total. The van der Waals surface area contributed by atoms with Crippen molar-refractivity contribution in [2.75, 3.05) is 6.61 Å². The number of aliphatic hydroxyl groups excluding tert-OH is 1. The van der Waals surface area contributed by atoms with Crippen LogP contribution in [0.4, 0.5) is 0 Å². The zero-order valence-electron chi connectivity index (χ0n) is 13.5. The Balaban J connectivity index is 0. The lowest BCUT2D eigenvalue weighted by Crippen LogP contribution is -1.85. The zero-order chi connectivity index (χ0) is 14.0. The normalized spacial score (nSPS) is 10.5. The Morgan fingerprint density at radius 3 is 0.950 bits per heavy atom. The maximum Gasteiger partial charge on any atom is 0.187 e. The summed E-state index contributed by atoms with van der Waals surface area (Å²) in [5.41, 5.74) is 0. The van der Waals surface area contributed by atoms with E-state index in [1.54, 1.807) is 0 Å². The van der Waals surface area contributed by atoms with Crippen LogP contribution in [0.25, 0.3) is 0 Å². The first kappa shape index (κ1) is 22.8. The Kier molecular flexibility index (Phi) is 24.8. The molecule has 0 rings (SSSR count). The predicted molar refractivity (Wildman–Crippen MR) is 96.6 cm³/mol. The number of hydrogen-bond donors (Lipinski definition) is 1. The van der Waals surface area contributed by atoms with Crippen LogP contribution in [0.3, 0.4) is 0 Å². The van der Waals surface area contributed by atoms with Gasteiger partial charge in [-0.25, -0.2) is 0 Å². The Labute approximate surface area is 139 Å². The van der Waals surface area contributed by atoms with E-state index in [1.807, 2.05) is 0 Å². The van der Waals surface area contributed by atoms with Gasteiger partial charge < -0.3 is 5.11 Å². The van der Waals surface area contributed by atoms with Crippen molar-refractivity contribution in [3.8, 4) is 0 Å². The predicted octanol–water partition coefficient (Wildman–Crippen LogP) is 5.06. The lowest BCUT2D eigenvalue weighted by atomic mass is 10.0. The molecule has 0 aromatic carbocycles. The minimum Gasteiger partial charge on any atom is -0.396 e. The highest BCUT2D eigenvalue weighted by molar-refractivity contribution is 5.75. The summed E-state index contributed by atoms with van der Waals surface area (Å²) in [6.45, 7) is 2.66. The fourth-order valence-electron chi connectivity index (χ4n) is 2.66. The molecular weight excluding hydrogens is 259 g/mol. The summed E-state index contributed by atoms with van der Waals surface area (Å²) in [7, 11) is 0. The Bertz CT molecular complexity index is 134. The zero-order valence-corrected chi connectivity index (χ0v) is 13.5. The van der Waals surface area contributed by atoms with Crippen LogP contribution in [0.2, 0.25) is 0 Å². The van der Waals surface area contributed by atoms with Crippen LogP contribution in [-0.2, 0) is 0 Å². The molecule has 0 unspecified atom stereocenters. The van der Waals surface area contributed by atoms with E-state index in [4.69, 9.17) is 5.11 Å². The third-order valence-electron chi connectivity index (χ3n) is 4.01. The lowest BCUT2D eigenvalue weighted by molar-refractivity contribution is 0.282. The molecule has 0 heterocycles. The molecule has 0 aliphatic carbocycles. The van der Waals surface area contributed by atoms with Gasteiger partial charge in [0.15, 0.2) is 17.4 Å². The largest absolute Gasteiger partial charge is 0.396 e. The van der Waals surface area contributed by atoms with Crippen LogP contribution in [0.5, 0.6) is 0 Å². The maximum absolute atomic E-state index is 8.67. The number of rotatable bonds is 16. The fourth-order valence-corrected chi connectivity index (χ4v) is 2.66. The van der Waals surface area contributed by atoms with Crippen LogP contribution in [-0.4, -0.2) is 29.1 Å². The van der Waals surface area contributed by atoms with E-state index >= 15 is 0 Å². The second-order valence-corrected chi connectivity index (χ2v) is 6.03. The Morgan fingerprint density at radius 2 is 0.700 bits per heavy atom. The highest BCUT2D eigenvalue weighted by Crippen LogP contribution is 2.13. The fraction of sp³-hybridized carbons (Fsp3) is 1.00. The minimum atomic E-state index is 0. The molecule has 0 aromatic rings. The smallest absolute Gasteiger partial charge is 0.187 e. The van der Waals surface area contributed by atoms with Gasteiger partial charge in [-0.05, 0) is 6.42 Å². The van der Waals surface area contributed by atoms with E-state index in [-0.39, 0.29) is 17.4 Å². The molecule has 0 saturated heterocycles. The SMILES string of the molecule is CCCCCCCCCCCCCCCCCCO.[AlH3]. The summed E-state index contributed by atoms with van der Waals surface area (Å²) in [6, 6.07) is 0. The number of aliphatic hydroxyl groups is 1. The van der Waals surface area contributed by atoms with Crippen molar-refractivity contribution >= 4 is 17.4 Å². The first-order valence-electron chi connectivity index (χ1n) is 9.02. The van der Waals surface area contributed by atoms with Gasteiger partial charge in [0.25, 0.3) is 0 Å². The standard InChI is InChI=1S/C18H38O.Al.3H/c1-2-3-4-5-6-7-8-9-10-11-12-13-14-15-16-17-18-19;;;;/h19H,2-18H2,1H3;;;;. The molecule has 20 heavy (non-hydrogen) atoms. The molecule has 0 spiro atoms. The van der Waals surface area contributed by atoms with Crippen molar-refractivity contribution in [3.63, 3.8) is 0 Å². The van der Waals surface area contributed by atoms with Crippen molar-refractivity contribution in [1.29, 1.82) is 0 Å². The monoisotopic (exact) mass is 300 g/mol. The molecule has 0 saturated carbocycles.